The number of hydrogen-bond donors (Lipinski definition) is 3. The molecule has 4 amide bonds. The van der Waals surface area contributed by atoms with E-state index in [1.807, 2.05) is 6.07 Å². The topological polar surface area (TPSA) is 108 Å². The van der Waals surface area contributed by atoms with E-state index in [9.17, 15) is 19.2 Å². The number of benzene rings is 1. The van der Waals surface area contributed by atoms with Gasteiger partial charge in [-0.2, -0.15) is 0 Å². The van der Waals surface area contributed by atoms with Crippen LogP contribution in [0.1, 0.15) is 58.4 Å². The fraction of sp³-hybridized carbons (Fsp3) is 0.545. The van der Waals surface area contributed by atoms with Gasteiger partial charge in [0.15, 0.2) is 0 Å². The smallest absolute Gasteiger partial charge is 0.262 e. The summed E-state index contributed by atoms with van der Waals surface area (Å²) < 4.78 is 0. The summed E-state index contributed by atoms with van der Waals surface area (Å²) in [5.74, 6) is -0.405. The zero-order valence-electron chi connectivity index (χ0n) is 16.8. The van der Waals surface area contributed by atoms with Crippen LogP contribution in [-0.4, -0.2) is 53.7 Å². The van der Waals surface area contributed by atoms with Gasteiger partial charge < -0.3 is 10.6 Å². The standard InChI is InChI=1S/C22H26N4O4/c27-19-4-3-18(20(28)25-19)26-21(29)16-2-1-12(8-17(16)22(26)30)11-24-15-6-13-5-14(7-15)10-23-9-13/h1-2,8,13-15,18,23-24H,3-7,9-11H2,(H,25,27,28)/t13-,14+,15?,18?. The van der Waals surface area contributed by atoms with E-state index in [1.165, 1.54) is 6.42 Å². The second-order valence-corrected chi connectivity index (χ2v) is 9.00. The molecule has 3 fully saturated rings. The summed E-state index contributed by atoms with van der Waals surface area (Å²) in [4.78, 5) is 50.3. The molecule has 1 saturated carbocycles. The molecule has 5 rings (SSSR count). The highest BCUT2D eigenvalue weighted by Crippen LogP contribution is 2.32. The molecular weight excluding hydrogens is 384 g/mol. The summed E-state index contributed by atoms with van der Waals surface area (Å²) in [6.07, 6.45) is 3.93. The van der Waals surface area contributed by atoms with Crippen LogP contribution in [0.4, 0.5) is 0 Å². The van der Waals surface area contributed by atoms with Gasteiger partial charge in [0.05, 0.1) is 11.1 Å². The van der Waals surface area contributed by atoms with Crippen molar-refractivity contribution in [1.29, 1.82) is 0 Å². The molecule has 8 heteroatoms. The maximum atomic E-state index is 12.9. The summed E-state index contributed by atoms with van der Waals surface area (Å²) in [6, 6.07) is 4.86. The molecule has 8 nitrogen and oxygen atoms in total. The highest BCUT2D eigenvalue weighted by atomic mass is 16.2. The van der Waals surface area contributed by atoms with Gasteiger partial charge in [0.1, 0.15) is 6.04 Å². The van der Waals surface area contributed by atoms with Crippen molar-refractivity contribution in [1.82, 2.24) is 20.9 Å². The van der Waals surface area contributed by atoms with Gasteiger partial charge in [-0.15, -0.1) is 0 Å². The Hall–Kier alpha value is -2.58. The van der Waals surface area contributed by atoms with Gasteiger partial charge >= 0.3 is 0 Å². The number of piperidine rings is 2. The number of carbonyl (C=O) groups excluding carboxylic acids is 4. The maximum absolute atomic E-state index is 12.9. The van der Waals surface area contributed by atoms with Crippen LogP contribution in [0.2, 0.25) is 0 Å². The fourth-order valence-corrected chi connectivity index (χ4v) is 5.45. The zero-order valence-corrected chi connectivity index (χ0v) is 16.8. The van der Waals surface area contributed by atoms with E-state index in [4.69, 9.17) is 0 Å². The maximum Gasteiger partial charge on any atom is 0.262 e. The molecule has 3 heterocycles. The first-order valence-corrected chi connectivity index (χ1v) is 10.8. The van der Waals surface area contributed by atoms with E-state index < -0.39 is 23.8 Å². The van der Waals surface area contributed by atoms with Crippen LogP contribution in [-0.2, 0) is 16.1 Å². The fourth-order valence-electron chi connectivity index (χ4n) is 5.45. The number of carbonyl (C=O) groups is 4. The van der Waals surface area contributed by atoms with Crippen LogP contribution in [0.15, 0.2) is 18.2 Å². The van der Waals surface area contributed by atoms with Crippen molar-refractivity contribution in [3.63, 3.8) is 0 Å². The molecule has 3 N–H and O–H groups in total. The summed E-state index contributed by atoms with van der Waals surface area (Å²) >= 11 is 0. The van der Waals surface area contributed by atoms with E-state index in [0.717, 1.165) is 48.2 Å². The molecule has 2 bridgehead atoms. The molecule has 4 aliphatic rings. The van der Waals surface area contributed by atoms with E-state index in [-0.39, 0.29) is 18.7 Å². The van der Waals surface area contributed by atoms with Crippen LogP contribution in [0.5, 0.6) is 0 Å². The number of rotatable bonds is 4. The third-order valence-electron chi connectivity index (χ3n) is 6.87. The Balaban J connectivity index is 1.28. The molecule has 2 unspecified atom stereocenters. The van der Waals surface area contributed by atoms with Gasteiger partial charge in [0, 0.05) is 19.0 Å². The normalized spacial score (nSPS) is 31.0. The first-order chi connectivity index (χ1) is 14.5. The molecule has 4 atom stereocenters. The SMILES string of the molecule is O=C1CCC(N2C(=O)c3ccc(CNC4C[C@H]5CNC[C@@H](C4)C5)cc3C2=O)C(=O)N1. The Morgan fingerprint density at radius 3 is 2.43 bits per heavy atom. The van der Waals surface area contributed by atoms with Crippen molar-refractivity contribution in [2.45, 2.75) is 50.7 Å². The lowest BCUT2D eigenvalue weighted by atomic mass is 9.76. The molecule has 1 aliphatic carbocycles. The Bertz CT molecular complexity index is 918. The van der Waals surface area contributed by atoms with Gasteiger partial charge in [0.25, 0.3) is 11.8 Å². The van der Waals surface area contributed by atoms with Gasteiger partial charge in [-0.3, -0.25) is 29.4 Å². The lowest BCUT2D eigenvalue weighted by Crippen LogP contribution is -2.54. The number of imide groups is 2. The summed E-state index contributed by atoms with van der Waals surface area (Å²) in [5.41, 5.74) is 1.62. The molecular formula is C22H26N4O4. The Labute approximate surface area is 174 Å². The third-order valence-corrected chi connectivity index (χ3v) is 6.87. The van der Waals surface area contributed by atoms with E-state index in [2.05, 4.69) is 16.0 Å². The van der Waals surface area contributed by atoms with E-state index in [0.29, 0.717) is 23.7 Å². The monoisotopic (exact) mass is 410 g/mol. The molecule has 0 spiro atoms. The summed E-state index contributed by atoms with van der Waals surface area (Å²) in [5, 5.41) is 9.36. The van der Waals surface area contributed by atoms with Gasteiger partial charge in [0.2, 0.25) is 11.8 Å². The number of nitrogens with one attached hydrogen (secondary N) is 3. The molecule has 0 aromatic heterocycles. The summed E-state index contributed by atoms with van der Waals surface area (Å²) in [7, 11) is 0. The second-order valence-electron chi connectivity index (χ2n) is 9.00. The van der Waals surface area contributed by atoms with Crippen molar-refractivity contribution < 1.29 is 19.2 Å². The molecule has 3 aliphatic heterocycles. The number of fused-ring (bicyclic) bond motifs is 3. The van der Waals surface area contributed by atoms with Gasteiger partial charge in [-0.1, -0.05) is 6.07 Å². The van der Waals surface area contributed by atoms with Crippen molar-refractivity contribution in [3.05, 3.63) is 34.9 Å². The van der Waals surface area contributed by atoms with Crippen LogP contribution in [0.3, 0.4) is 0 Å². The summed E-state index contributed by atoms with van der Waals surface area (Å²) in [6.45, 7) is 2.84. The van der Waals surface area contributed by atoms with Crippen LogP contribution in [0, 0.1) is 11.8 Å². The minimum absolute atomic E-state index is 0.123. The number of amides is 4. The van der Waals surface area contributed by atoms with Gasteiger partial charge in [-0.05, 0) is 68.3 Å². The quantitative estimate of drug-likeness (QED) is 0.627. The van der Waals surface area contributed by atoms with Crippen molar-refractivity contribution >= 4 is 23.6 Å². The van der Waals surface area contributed by atoms with E-state index >= 15 is 0 Å². The largest absolute Gasteiger partial charge is 0.316 e. The molecule has 30 heavy (non-hydrogen) atoms. The van der Waals surface area contributed by atoms with Crippen molar-refractivity contribution in [2.24, 2.45) is 11.8 Å². The highest BCUT2D eigenvalue weighted by Gasteiger charge is 2.44. The van der Waals surface area contributed by atoms with Crippen LogP contribution < -0.4 is 16.0 Å². The number of hydrogen-bond acceptors (Lipinski definition) is 6. The first kappa shape index (κ1) is 19.4. The number of nitrogens with zero attached hydrogens (tertiary/aromatic N) is 1. The second kappa shape index (κ2) is 7.59. The third kappa shape index (κ3) is 3.44. The Morgan fingerprint density at radius 1 is 0.967 bits per heavy atom. The zero-order chi connectivity index (χ0) is 20.8. The van der Waals surface area contributed by atoms with Crippen LogP contribution >= 0.6 is 0 Å². The minimum atomic E-state index is -0.924. The lowest BCUT2D eigenvalue weighted by Gasteiger charge is -2.39. The van der Waals surface area contributed by atoms with Gasteiger partial charge in [-0.25, -0.2) is 0 Å². The van der Waals surface area contributed by atoms with E-state index in [1.54, 1.807) is 12.1 Å². The highest BCUT2D eigenvalue weighted by molar-refractivity contribution is 6.23. The Morgan fingerprint density at radius 2 is 1.70 bits per heavy atom. The molecule has 2 saturated heterocycles. The van der Waals surface area contributed by atoms with Crippen molar-refractivity contribution in [2.75, 3.05) is 13.1 Å². The average molecular weight is 410 g/mol. The van der Waals surface area contributed by atoms with Crippen molar-refractivity contribution in [3.8, 4) is 0 Å². The van der Waals surface area contributed by atoms with Crippen LogP contribution in [0.25, 0.3) is 0 Å². The lowest BCUT2D eigenvalue weighted by molar-refractivity contribution is -0.136. The predicted octanol–water partition coefficient (Wildman–Crippen LogP) is 0.566. The molecule has 0 radical (unpaired) electrons. The molecule has 1 aromatic carbocycles. The first-order valence-electron chi connectivity index (χ1n) is 10.8. The molecule has 158 valence electrons. The average Bonchev–Trinajstić information content (AvgIpc) is 2.96. The predicted molar refractivity (Wildman–Crippen MR) is 107 cm³/mol. The molecule has 1 aromatic rings. The Kier molecular flexibility index (Phi) is 4.91. The minimum Gasteiger partial charge on any atom is -0.316 e.